The van der Waals surface area contributed by atoms with Gasteiger partial charge in [0.05, 0.1) is 22.9 Å². The number of aryl methyl sites for hydroxylation is 1. The van der Waals surface area contributed by atoms with Crippen molar-refractivity contribution in [2.75, 3.05) is 13.6 Å². The van der Waals surface area contributed by atoms with Crippen LogP contribution in [0.4, 0.5) is 0 Å². The van der Waals surface area contributed by atoms with E-state index in [4.69, 9.17) is 23.2 Å². The normalized spacial score (nSPS) is 13.7. The fraction of sp³-hybridized carbons (Fsp3) is 0.250. The molecule has 2 amide bonds. The third-order valence-corrected chi connectivity index (χ3v) is 15.0. The lowest BCUT2D eigenvalue weighted by atomic mass is 10.1. The summed E-state index contributed by atoms with van der Waals surface area (Å²) in [6.45, 7) is -0.0702. The zero-order chi connectivity index (χ0) is 45.8. The van der Waals surface area contributed by atoms with Crippen molar-refractivity contribution in [2.24, 2.45) is 0 Å². The predicted octanol–water partition coefficient (Wildman–Crippen LogP) is 6.77. The molecule has 2 saturated carbocycles. The van der Waals surface area contributed by atoms with Gasteiger partial charge in [0.15, 0.2) is 12.4 Å². The van der Waals surface area contributed by atoms with E-state index in [-0.39, 0.29) is 56.0 Å². The van der Waals surface area contributed by atoms with Crippen molar-refractivity contribution in [3.63, 3.8) is 0 Å². The van der Waals surface area contributed by atoms with Gasteiger partial charge in [0.1, 0.15) is 15.1 Å². The van der Waals surface area contributed by atoms with Crippen molar-refractivity contribution >= 4 is 78.1 Å². The molecule has 10 rings (SSSR count). The average molecular weight is 961 g/mol. The Morgan fingerprint density at radius 1 is 0.697 bits per heavy atom. The largest absolute Gasteiger partial charge is 0.359 e. The van der Waals surface area contributed by atoms with E-state index < -0.39 is 22.5 Å². The Bertz CT molecular complexity index is 3530. The highest BCUT2D eigenvalue weighted by molar-refractivity contribution is 7.22. The minimum absolute atomic E-state index is 0.00169. The Kier molecular flexibility index (Phi) is 11.7. The summed E-state index contributed by atoms with van der Waals surface area (Å²) in [7, 11) is 1.52. The van der Waals surface area contributed by atoms with Gasteiger partial charge >= 0.3 is 11.4 Å². The standard InChI is InChI=1S/C48H40Cl2N8O6S2/c1-51-41(59)14-16-55-37-20-39(33-6-2-4-8-35(33)49)65-43(37)46(62)58(47(55)63)32-19-30(28-12-13-28)24-54(25-32)26-42(60)53-15-17-56-38-21-40(34-7-3-5-9-36(34)50)66-44(38)45(61)57(48(56)64)31-18-29(22-52-23-31)27-10-11-27/h2-9,18-25,27-28H,10-17,26H2,1H3,(H-,51,53,59,60)/p+1. The van der Waals surface area contributed by atoms with E-state index in [0.717, 1.165) is 51.5 Å². The molecule has 2 aliphatic rings. The van der Waals surface area contributed by atoms with E-state index in [0.29, 0.717) is 57.4 Å². The number of thiophene rings is 2. The Hall–Kier alpha value is -6.46. The quantitative estimate of drug-likeness (QED) is 0.114. The van der Waals surface area contributed by atoms with Crippen LogP contribution in [0.25, 0.3) is 52.7 Å². The summed E-state index contributed by atoms with van der Waals surface area (Å²) in [5, 5.41) is 6.54. The number of benzene rings is 2. The lowest BCUT2D eigenvalue weighted by Crippen LogP contribution is -2.46. The first-order valence-electron chi connectivity index (χ1n) is 21.5. The van der Waals surface area contributed by atoms with Crippen LogP contribution >= 0.6 is 45.9 Å². The maximum absolute atomic E-state index is 14.5. The molecule has 0 unspecified atom stereocenters. The third-order valence-electron chi connectivity index (χ3n) is 12.0. The fourth-order valence-electron chi connectivity index (χ4n) is 8.34. The molecule has 0 spiro atoms. The molecular weight excluding hydrogens is 920 g/mol. The van der Waals surface area contributed by atoms with Crippen LogP contribution in [0, 0.1) is 0 Å². The second-order valence-electron chi connectivity index (χ2n) is 16.6. The molecular formula is C48H41Cl2N8O6S2+. The van der Waals surface area contributed by atoms with Crippen LogP contribution in [0.1, 0.15) is 55.1 Å². The molecule has 334 valence electrons. The van der Waals surface area contributed by atoms with E-state index in [1.54, 1.807) is 41.2 Å². The van der Waals surface area contributed by atoms with Crippen LogP contribution in [-0.4, -0.2) is 48.7 Å². The van der Waals surface area contributed by atoms with Crippen LogP contribution in [-0.2, 0) is 29.2 Å². The van der Waals surface area contributed by atoms with E-state index in [1.165, 1.54) is 45.1 Å². The monoisotopic (exact) mass is 959 g/mol. The number of halogens is 2. The molecule has 2 fully saturated rings. The number of nitrogens with zero attached hydrogens (tertiary/aromatic N) is 6. The zero-order valence-electron chi connectivity index (χ0n) is 35.5. The van der Waals surface area contributed by atoms with Gasteiger partial charge in [0.25, 0.3) is 17.0 Å². The minimum Gasteiger partial charge on any atom is -0.359 e. The number of fused-ring (bicyclic) bond motifs is 2. The summed E-state index contributed by atoms with van der Waals surface area (Å²) < 4.78 is 7.53. The van der Waals surface area contributed by atoms with Gasteiger partial charge in [-0.25, -0.2) is 18.7 Å². The van der Waals surface area contributed by atoms with Crippen molar-refractivity contribution in [1.29, 1.82) is 0 Å². The molecule has 18 heteroatoms. The Morgan fingerprint density at radius 3 is 1.82 bits per heavy atom. The molecule has 8 aromatic rings. The molecule has 0 saturated heterocycles. The van der Waals surface area contributed by atoms with Crippen molar-refractivity contribution in [1.82, 2.24) is 33.9 Å². The Morgan fingerprint density at radius 2 is 1.24 bits per heavy atom. The second-order valence-corrected chi connectivity index (χ2v) is 19.5. The molecule has 0 radical (unpaired) electrons. The number of amides is 2. The second kappa shape index (κ2) is 17.7. The lowest BCUT2D eigenvalue weighted by molar-refractivity contribution is -0.684. The summed E-state index contributed by atoms with van der Waals surface area (Å²) >= 11 is 15.6. The van der Waals surface area contributed by atoms with Gasteiger partial charge < -0.3 is 10.6 Å². The van der Waals surface area contributed by atoms with E-state index in [9.17, 15) is 28.8 Å². The zero-order valence-corrected chi connectivity index (χ0v) is 38.6. The first kappa shape index (κ1) is 43.4. The van der Waals surface area contributed by atoms with Crippen molar-refractivity contribution < 1.29 is 14.2 Å². The smallest absolute Gasteiger partial charge is 0.336 e. The van der Waals surface area contributed by atoms with E-state index in [1.807, 2.05) is 54.7 Å². The number of aromatic nitrogens is 6. The Labute approximate surface area is 394 Å². The summed E-state index contributed by atoms with van der Waals surface area (Å²) in [6.07, 6.45) is 10.6. The maximum atomic E-state index is 14.5. The van der Waals surface area contributed by atoms with Crippen LogP contribution in [0.5, 0.6) is 0 Å². The topological polar surface area (TPSA) is 163 Å². The maximum Gasteiger partial charge on any atom is 0.336 e. The van der Waals surface area contributed by atoms with Crippen LogP contribution in [0.3, 0.4) is 0 Å². The van der Waals surface area contributed by atoms with Crippen molar-refractivity contribution in [3.05, 3.63) is 160 Å². The number of pyridine rings is 2. The van der Waals surface area contributed by atoms with Gasteiger partial charge in [-0.3, -0.25) is 33.3 Å². The molecule has 2 N–H and O–H groups in total. The van der Waals surface area contributed by atoms with Crippen molar-refractivity contribution in [2.45, 2.75) is 63.6 Å². The van der Waals surface area contributed by atoms with Crippen LogP contribution in [0.15, 0.2) is 117 Å². The SMILES string of the molecule is CNC(=O)CCn1c(=O)n(-c2cc(C3CC3)c[n+](CC(=O)NCCn3c(=O)n(-c4cncc(C5CC5)c4)c(=O)c4sc(-c5ccccc5Cl)cc43)c2)c(=O)c2sc(-c3ccccc3Cl)cc21. The molecule has 2 aliphatic carbocycles. The lowest BCUT2D eigenvalue weighted by Gasteiger charge is -2.13. The number of carbonyl (C=O) groups excluding carboxylic acids is 2. The number of hydrogen-bond donors (Lipinski definition) is 2. The first-order chi connectivity index (χ1) is 32.0. The molecule has 14 nitrogen and oxygen atoms in total. The summed E-state index contributed by atoms with van der Waals surface area (Å²) in [5.41, 5.74) is 2.57. The first-order valence-corrected chi connectivity index (χ1v) is 23.9. The average Bonchev–Trinajstić information content (AvgIpc) is 4.25. The summed E-state index contributed by atoms with van der Waals surface area (Å²) in [4.78, 5) is 89.4. The number of carbonyl (C=O) groups is 2. The third kappa shape index (κ3) is 8.34. The highest BCUT2D eigenvalue weighted by Crippen LogP contribution is 2.41. The summed E-state index contributed by atoms with van der Waals surface area (Å²) in [6, 6.07) is 21.8. The summed E-state index contributed by atoms with van der Waals surface area (Å²) in [5.74, 6) is -0.111. The van der Waals surface area contributed by atoms with Crippen LogP contribution in [0.2, 0.25) is 10.0 Å². The van der Waals surface area contributed by atoms with Gasteiger partial charge in [0.2, 0.25) is 12.5 Å². The molecule has 6 aromatic heterocycles. The van der Waals surface area contributed by atoms with Gasteiger partial charge in [-0.05, 0) is 79.5 Å². The van der Waals surface area contributed by atoms with Gasteiger partial charge in [-0.15, -0.1) is 22.7 Å². The van der Waals surface area contributed by atoms with E-state index in [2.05, 4.69) is 15.6 Å². The van der Waals surface area contributed by atoms with E-state index >= 15 is 0 Å². The molecule has 2 aromatic carbocycles. The minimum atomic E-state index is -0.622. The van der Waals surface area contributed by atoms with Gasteiger partial charge in [0, 0.05) is 75.8 Å². The number of hydrogen-bond acceptors (Lipinski definition) is 9. The van der Waals surface area contributed by atoms with Crippen molar-refractivity contribution in [3.8, 4) is 32.3 Å². The number of nitrogens with one attached hydrogen (secondary N) is 2. The van der Waals surface area contributed by atoms with Gasteiger partial charge in [-0.2, -0.15) is 4.57 Å². The van der Waals surface area contributed by atoms with Gasteiger partial charge in [-0.1, -0.05) is 59.6 Å². The van der Waals surface area contributed by atoms with Crippen LogP contribution < -0.4 is 37.7 Å². The fourth-order valence-corrected chi connectivity index (χ4v) is 11.2. The highest BCUT2D eigenvalue weighted by Gasteiger charge is 2.30. The molecule has 6 heterocycles. The Balaban J connectivity index is 0.974. The molecule has 0 atom stereocenters. The predicted molar refractivity (Wildman–Crippen MR) is 258 cm³/mol. The molecule has 66 heavy (non-hydrogen) atoms. The molecule has 0 aliphatic heterocycles. The molecule has 0 bridgehead atoms. The highest BCUT2D eigenvalue weighted by atomic mass is 35.5. The number of rotatable bonds is 14.